The van der Waals surface area contributed by atoms with Crippen LogP contribution in [0.2, 0.25) is 0 Å². The van der Waals surface area contributed by atoms with Gasteiger partial charge in [-0.2, -0.15) is 0 Å². The normalized spacial score (nSPS) is 24.2. The molecule has 0 spiro atoms. The molecule has 2 N–H and O–H groups in total. The predicted octanol–water partition coefficient (Wildman–Crippen LogP) is 2.15. The Labute approximate surface area is 149 Å². The zero-order valence-corrected chi connectivity index (χ0v) is 16.4. The Morgan fingerprint density at radius 3 is 2.58 bits per heavy atom. The molecular weight excluding hydrogens is 298 g/mol. The van der Waals surface area contributed by atoms with Gasteiger partial charge in [0.15, 0.2) is 5.96 Å². The van der Waals surface area contributed by atoms with Crippen molar-refractivity contribution in [2.45, 2.75) is 64.5 Å². The second-order valence-corrected chi connectivity index (χ2v) is 7.61. The molecule has 24 heavy (non-hydrogen) atoms. The highest BCUT2D eigenvalue weighted by Gasteiger charge is 2.32. The highest BCUT2D eigenvalue weighted by molar-refractivity contribution is 5.79. The minimum atomic E-state index is 0.590. The van der Waals surface area contributed by atoms with Crippen LogP contribution >= 0.6 is 0 Å². The van der Waals surface area contributed by atoms with E-state index in [1.807, 2.05) is 0 Å². The number of rotatable bonds is 9. The smallest absolute Gasteiger partial charge is 0.191 e. The van der Waals surface area contributed by atoms with Crippen molar-refractivity contribution in [1.82, 2.24) is 20.4 Å². The molecule has 1 aliphatic heterocycles. The monoisotopic (exact) mass is 337 g/mol. The van der Waals surface area contributed by atoms with Gasteiger partial charge in [-0.05, 0) is 65.6 Å². The maximum absolute atomic E-state index is 4.85. The maximum Gasteiger partial charge on any atom is 0.191 e. The lowest BCUT2D eigenvalue weighted by atomic mass is 10.0. The van der Waals surface area contributed by atoms with Gasteiger partial charge in [-0.15, -0.1) is 0 Å². The highest BCUT2D eigenvalue weighted by atomic mass is 15.2. The minimum Gasteiger partial charge on any atom is -0.357 e. The Bertz CT molecular complexity index is 376. The zero-order chi connectivity index (χ0) is 17.4. The second kappa shape index (κ2) is 10.2. The lowest BCUT2D eigenvalue weighted by molar-refractivity contribution is 0.147. The van der Waals surface area contributed by atoms with Crippen molar-refractivity contribution in [3.8, 4) is 0 Å². The molecular formula is C19H39N5. The summed E-state index contributed by atoms with van der Waals surface area (Å²) in [5, 5.41) is 6.95. The molecule has 2 atom stereocenters. The molecule has 0 radical (unpaired) electrons. The predicted molar refractivity (Wildman–Crippen MR) is 104 cm³/mol. The van der Waals surface area contributed by atoms with Gasteiger partial charge in [0, 0.05) is 31.7 Å². The van der Waals surface area contributed by atoms with E-state index in [2.05, 4.69) is 48.4 Å². The molecule has 1 heterocycles. The SMILES string of the molecule is CCNC(=NCC(C1CC1)N(C)C)NCCN1CCCCC1CC. The molecule has 2 aliphatic rings. The minimum absolute atomic E-state index is 0.590. The van der Waals surface area contributed by atoms with Gasteiger partial charge in [-0.25, -0.2) is 0 Å². The van der Waals surface area contributed by atoms with Crippen LogP contribution in [0.25, 0.3) is 0 Å². The van der Waals surface area contributed by atoms with E-state index in [0.717, 1.165) is 44.1 Å². The number of aliphatic imine (C=N–C) groups is 1. The number of hydrogen-bond donors (Lipinski definition) is 2. The molecule has 0 amide bonds. The van der Waals surface area contributed by atoms with E-state index < -0.39 is 0 Å². The number of likely N-dealkylation sites (tertiary alicyclic amines) is 1. The lowest BCUT2D eigenvalue weighted by Crippen LogP contribution is -2.46. The van der Waals surface area contributed by atoms with Crippen LogP contribution in [0.5, 0.6) is 0 Å². The number of hydrogen-bond acceptors (Lipinski definition) is 3. The van der Waals surface area contributed by atoms with Crippen molar-refractivity contribution in [2.24, 2.45) is 10.9 Å². The van der Waals surface area contributed by atoms with Crippen LogP contribution in [-0.4, -0.2) is 74.7 Å². The quantitative estimate of drug-likeness (QED) is 0.500. The van der Waals surface area contributed by atoms with Gasteiger partial charge in [0.25, 0.3) is 0 Å². The van der Waals surface area contributed by atoms with Crippen LogP contribution in [0.1, 0.15) is 52.4 Å². The Morgan fingerprint density at radius 2 is 1.96 bits per heavy atom. The fourth-order valence-electron chi connectivity index (χ4n) is 3.88. The third-order valence-corrected chi connectivity index (χ3v) is 5.52. The third kappa shape index (κ3) is 6.25. The average molecular weight is 338 g/mol. The lowest BCUT2D eigenvalue weighted by Gasteiger charge is -2.35. The summed E-state index contributed by atoms with van der Waals surface area (Å²) in [4.78, 5) is 9.85. The summed E-state index contributed by atoms with van der Waals surface area (Å²) in [6.07, 6.45) is 8.15. The molecule has 1 aliphatic carbocycles. The van der Waals surface area contributed by atoms with Crippen molar-refractivity contribution >= 4 is 5.96 Å². The molecule has 5 nitrogen and oxygen atoms in total. The zero-order valence-electron chi connectivity index (χ0n) is 16.4. The molecule has 140 valence electrons. The summed E-state index contributed by atoms with van der Waals surface area (Å²) in [6.45, 7) is 9.65. The van der Waals surface area contributed by atoms with E-state index in [-0.39, 0.29) is 0 Å². The summed E-state index contributed by atoms with van der Waals surface area (Å²) in [6, 6.07) is 1.38. The second-order valence-electron chi connectivity index (χ2n) is 7.61. The molecule has 5 heteroatoms. The van der Waals surface area contributed by atoms with Crippen molar-refractivity contribution < 1.29 is 0 Å². The highest BCUT2D eigenvalue weighted by Crippen LogP contribution is 2.34. The van der Waals surface area contributed by atoms with Crippen LogP contribution in [-0.2, 0) is 0 Å². The number of likely N-dealkylation sites (N-methyl/N-ethyl adjacent to an activating group) is 1. The topological polar surface area (TPSA) is 42.9 Å². The molecule has 0 bridgehead atoms. The van der Waals surface area contributed by atoms with E-state index in [9.17, 15) is 0 Å². The molecule has 1 saturated heterocycles. The third-order valence-electron chi connectivity index (χ3n) is 5.52. The fourth-order valence-corrected chi connectivity index (χ4v) is 3.88. The summed E-state index contributed by atoms with van der Waals surface area (Å²) < 4.78 is 0. The maximum atomic E-state index is 4.85. The van der Waals surface area contributed by atoms with Crippen LogP contribution in [0.3, 0.4) is 0 Å². The van der Waals surface area contributed by atoms with Crippen molar-refractivity contribution in [1.29, 1.82) is 0 Å². The van der Waals surface area contributed by atoms with Crippen molar-refractivity contribution in [2.75, 3.05) is 46.8 Å². The molecule has 0 aromatic rings. The van der Waals surface area contributed by atoms with Crippen LogP contribution < -0.4 is 10.6 Å². The molecule has 2 unspecified atom stereocenters. The first-order chi connectivity index (χ1) is 11.7. The molecule has 0 aromatic carbocycles. The number of nitrogens with zero attached hydrogens (tertiary/aromatic N) is 3. The average Bonchev–Trinajstić information content (AvgIpc) is 3.40. The number of piperidine rings is 1. The standard InChI is InChI=1S/C19H39N5/c1-5-17-9-7-8-13-24(17)14-12-21-19(20-6-2)22-15-18(23(3)4)16-10-11-16/h16-18H,5-15H2,1-4H3,(H2,20,21,22). The summed E-state index contributed by atoms with van der Waals surface area (Å²) in [5.74, 6) is 1.83. The Hall–Kier alpha value is -0.810. The number of nitrogens with one attached hydrogen (secondary N) is 2. The van der Waals surface area contributed by atoms with Gasteiger partial charge in [-0.1, -0.05) is 13.3 Å². The van der Waals surface area contributed by atoms with Gasteiger partial charge in [0.1, 0.15) is 0 Å². The van der Waals surface area contributed by atoms with Crippen LogP contribution in [0.4, 0.5) is 0 Å². The van der Waals surface area contributed by atoms with Gasteiger partial charge in [0.2, 0.25) is 0 Å². The van der Waals surface area contributed by atoms with E-state index in [0.29, 0.717) is 6.04 Å². The first-order valence-corrected chi connectivity index (χ1v) is 10.1. The molecule has 0 aromatic heterocycles. The summed E-state index contributed by atoms with van der Waals surface area (Å²) in [7, 11) is 4.36. The van der Waals surface area contributed by atoms with Gasteiger partial charge in [0.05, 0.1) is 6.54 Å². The molecule has 2 rings (SSSR count). The van der Waals surface area contributed by atoms with E-state index in [4.69, 9.17) is 4.99 Å². The molecule has 2 fully saturated rings. The molecule has 1 saturated carbocycles. The first-order valence-electron chi connectivity index (χ1n) is 10.1. The van der Waals surface area contributed by atoms with E-state index >= 15 is 0 Å². The van der Waals surface area contributed by atoms with E-state index in [1.54, 1.807) is 0 Å². The first kappa shape index (κ1) is 19.5. The van der Waals surface area contributed by atoms with E-state index in [1.165, 1.54) is 45.1 Å². The van der Waals surface area contributed by atoms with Crippen molar-refractivity contribution in [3.63, 3.8) is 0 Å². The summed E-state index contributed by atoms with van der Waals surface area (Å²) >= 11 is 0. The van der Waals surface area contributed by atoms with Gasteiger partial charge >= 0.3 is 0 Å². The largest absolute Gasteiger partial charge is 0.357 e. The van der Waals surface area contributed by atoms with Gasteiger partial charge in [-0.3, -0.25) is 9.89 Å². The fraction of sp³-hybridized carbons (Fsp3) is 0.947. The van der Waals surface area contributed by atoms with Gasteiger partial charge < -0.3 is 15.5 Å². The van der Waals surface area contributed by atoms with Crippen LogP contribution in [0.15, 0.2) is 4.99 Å². The summed E-state index contributed by atoms with van der Waals surface area (Å²) in [5.41, 5.74) is 0. The number of guanidine groups is 1. The Morgan fingerprint density at radius 1 is 1.17 bits per heavy atom. The van der Waals surface area contributed by atoms with Crippen molar-refractivity contribution in [3.05, 3.63) is 0 Å². The van der Waals surface area contributed by atoms with Crippen LogP contribution in [0, 0.1) is 5.92 Å². The Balaban J connectivity index is 1.78. The Kier molecular flexibility index (Phi) is 8.33.